The van der Waals surface area contributed by atoms with E-state index in [9.17, 15) is 8.42 Å². The van der Waals surface area contributed by atoms with Crippen molar-refractivity contribution in [3.63, 3.8) is 0 Å². The van der Waals surface area contributed by atoms with E-state index in [-0.39, 0.29) is 10.9 Å². The van der Waals surface area contributed by atoms with Crippen LogP contribution in [0.4, 0.5) is 5.69 Å². The fourth-order valence-electron chi connectivity index (χ4n) is 1.87. The number of anilines is 1. The fourth-order valence-corrected chi connectivity index (χ4v) is 4.25. The lowest BCUT2D eigenvalue weighted by atomic mass is 10.3. The Morgan fingerprint density at radius 3 is 2.25 bits per heavy atom. The standard InChI is InChI=1S/C14H18N2O2S2/c1-10-4-9-14(19-10)11(2)16(3)20(17,18)13-7-5-12(15)6-8-13/h4-9,11H,15H2,1-3H3. The monoisotopic (exact) mass is 310 g/mol. The maximum Gasteiger partial charge on any atom is 0.243 e. The van der Waals surface area contributed by atoms with Crippen molar-refractivity contribution in [2.45, 2.75) is 24.8 Å². The predicted octanol–water partition coefficient (Wildman–Crippen LogP) is 3.02. The Morgan fingerprint density at radius 2 is 1.75 bits per heavy atom. The number of nitrogen functional groups attached to an aromatic ring is 1. The van der Waals surface area contributed by atoms with Crippen LogP contribution in [0.5, 0.6) is 0 Å². The van der Waals surface area contributed by atoms with Gasteiger partial charge < -0.3 is 5.73 Å². The van der Waals surface area contributed by atoms with Crippen molar-refractivity contribution < 1.29 is 8.42 Å². The first-order valence-corrected chi connectivity index (χ1v) is 8.48. The van der Waals surface area contributed by atoms with Crippen LogP contribution in [-0.4, -0.2) is 19.8 Å². The minimum absolute atomic E-state index is 0.198. The van der Waals surface area contributed by atoms with E-state index in [1.807, 2.05) is 26.0 Å². The van der Waals surface area contributed by atoms with Gasteiger partial charge in [0, 0.05) is 22.5 Å². The molecule has 0 amide bonds. The largest absolute Gasteiger partial charge is 0.399 e. The SMILES string of the molecule is Cc1ccc(C(C)N(C)S(=O)(=O)c2ccc(N)cc2)s1. The molecular formula is C14H18N2O2S2. The minimum Gasteiger partial charge on any atom is -0.399 e. The molecule has 0 aliphatic carbocycles. The van der Waals surface area contributed by atoms with Crippen molar-refractivity contribution in [1.29, 1.82) is 0 Å². The number of aryl methyl sites for hydroxylation is 1. The third-order valence-corrected chi connectivity index (χ3v) is 6.39. The molecule has 6 heteroatoms. The highest BCUT2D eigenvalue weighted by Crippen LogP contribution is 2.30. The highest BCUT2D eigenvalue weighted by Gasteiger charge is 2.26. The van der Waals surface area contributed by atoms with Gasteiger partial charge >= 0.3 is 0 Å². The average molecular weight is 310 g/mol. The first-order valence-electron chi connectivity index (χ1n) is 6.22. The van der Waals surface area contributed by atoms with E-state index < -0.39 is 10.0 Å². The number of nitrogens with two attached hydrogens (primary N) is 1. The van der Waals surface area contributed by atoms with Crippen LogP contribution in [0, 0.1) is 6.92 Å². The van der Waals surface area contributed by atoms with Crippen LogP contribution >= 0.6 is 11.3 Å². The van der Waals surface area contributed by atoms with Gasteiger partial charge in [0.2, 0.25) is 10.0 Å². The van der Waals surface area contributed by atoms with Gasteiger partial charge in [-0.05, 0) is 50.2 Å². The summed E-state index contributed by atoms with van der Waals surface area (Å²) < 4.78 is 26.5. The van der Waals surface area contributed by atoms with Crippen molar-refractivity contribution in [3.05, 3.63) is 46.2 Å². The molecule has 1 heterocycles. The fraction of sp³-hybridized carbons (Fsp3) is 0.286. The summed E-state index contributed by atoms with van der Waals surface area (Å²) in [6, 6.07) is 10.0. The molecule has 108 valence electrons. The molecule has 0 spiro atoms. The predicted molar refractivity (Wildman–Crippen MR) is 83.3 cm³/mol. The van der Waals surface area contributed by atoms with Crippen molar-refractivity contribution in [2.75, 3.05) is 12.8 Å². The minimum atomic E-state index is -3.51. The van der Waals surface area contributed by atoms with E-state index in [0.717, 1.165) is 4.88 Å². The van der Waals surface area contributed by atoms with Crippen LogP contribution in [0.25, 0.3) is 0 Å². The molecule has 1 aromatic heterocycles. The van der Waals surface area contributed by atoms with E-state index in [4.69, 9.17) is 5.73 Å². The molecule has 2 rings (SSSR count). The molecule has 0 fully saturated rings. The Labute approximate surface area is 123 Å². The van der Waals surface area contributed by atoms with Crippen LogP contribution in [0.1, 0.15) is 22.7 Å². The number of sulfonamides is 1. The summed E-state index contributed by atoms with van der Waals surface area (Å²) >= 11 is 1.61. The number of thiophene rings is 1. The van der Waals surface area contributed by atoms with Gasteiger partial charge in [0.05, 0.1) is 10.9 Å². The van der Waals surface area contributed by atoms with Crippen LogP contribution in [0.15, 0.2) is 41.3 Å². The van der Waals surface area contributed by atoms with Crippen molar-refractivity contribution in [2.24, 2.45) is 0 Å². The normalized spacial score (nSPS) is 13.6. The summed E-state index contributed by atoms with van der Waals surface area (Å²) in [5.41, 5.74) is 6.14. The second kappa shape index (κ2) is 5.55. The van der Waals surface area contributed by atoms with Crippen molar-refractivity contribution in [1.82, 2.24) is 4.31 Å². The molecule has 2 N–H and O–H groups in total. The molecule has 0 bridgehead atoms. The Kier molecular flexibility index (Phi) is 4.17. The molecule has 1 aromatic carbocycles. The summed E-state index contributed by atoms with van der Waals surface area (Å²) in [6.45, 7) is 3.90. The summed E-state index contributed by atoms with van der Waals surface area (Å²) in [5.74, 6) is 0. The Balaban J connectivity index is 2.31. The lowest BCUT2D eigenvalue weighted by molar-refractivity contribution is 0.403. The van der Waals surface area contributed by atoms with Crippen molar-refractivity contribution >= 4 is 27.0 Å². The van der Waals surface area contributed by atoms with Gasteiger partial charge in [0.1, 0.15) is 0 Å². The van der Waals surface area contributed by atoms with Crippen LogP contribution in [0.3, 0.4) is 0 Å². The third-order valence-electron chi connectivity index (χ3n) is 3.28. The molecule has 2 aromatic rings. The molecule has 0 aliphatic rings. The first kappa shape index (κ1) is 15.0. The van der Waals surface area contributed by atoms with E-state index >= 15 is 0 Å². The number of hydrogen-bond donors (Lipinski definition) is 1. The summed E-state index contributed by atoms with van der Waals surface area (Å²) in [4.78, 5) is 2.46. The Hall–Kier alpha value is -1.37. The van der Waals surface area contributed by atoms with E-state index in [0.29, 0.717) is 5.69 Å². The zero-order valence-electron chi connectivity index (χ0n) is 11.7. The molecule has 0 radical (unpaired) electrons. The molecule has 20 heavy (non-hydrogen) atoms. The quantitative estimate of drug-likeness (QED) is 0.883. The van der Waals surface area contributed by atoms with Gasteiger partial charge in [-0.15, -0.1) is 11.3 Å². The maximum atomic E-state index is 12.6. The second-order valence-electron chi connectivity index (χ2n) is 4.71. The van der Waals surface area contributed by atoms with E-state index in [1.165, 1.54) is 21.3 Å². The lowest BCUT2D eigenvalue weighted by Crippen LogP contribution is -2.29. The average Bonchev–Trinajstić information content (AvgIpc) is 2.84. The van der Waals surface area contributed by atoms with Crippen LogP contribution < -0.4 is 5.73 Å². The van der Waals surface area contributed by atoms with Gasteiger partial charge in [0.25, 0.3) is 0 Å². The van der Waals surface area contributed by atoms with Crippen LogP contribution in [-0.2, 0) is 10.0 Å². The van der Waals surface area contributed by atoms with E-state index in [2.05, 4.69) is 0 Å². The first-order chi connectivity index (χ1) is 9.32. The van der Waals surface area contributed by atoms with Gasteiger partial charge in [-0.25, -0.2) is 8.42 Å². The molecule has 0 aliphatic heterocycles. The maximum absolute atomic E-state index is 12.6. The topological polar surface area (TPSA) is 63.4 Å². The highest BCUT2D eigenvalue weighted by atomic mass is 32.2. The Morgan fingerprint density at radius 1 is 1.15 bits per heavy atom. The molecule has 4 nitrogen and oxygen atoms in total. The smallest absolute Gasteiger partial charge is 0.243 e. The second-order valence-corrected chi connectivity index (χ2v) is 8.03. The number of hydrogen-bond acceptors (Lipinski definition) is 4. The number of nitrogens with zero attached hydrogens (tertiary/aromatic N) is 1. The number of benzene rings is 1. The Bertz CT molecular complexity index is 690. The van der Waals surface area contributed by atoms with E-state index in [1.54, 1.807) is 30.5 Å². The van der Waals surface area contributed by atoms with Crippen molar-refractivity contribution in [3.8, 4) is 0 Å². The molecule has 0 saturated carbocycles. The van der Waals surface area contributed by atoms with Gasteiger partial charge in [-0.1, -0.05) is 0 Å². The summed E-state index contributed by atoms with van der Waals surface area (Å²) in [5, 5.41) is 0. The van der Waals surface area contributed by atoms with Gasteiger partial charge in [0.15, 0.2) is 0 Å². The summed E-state index contributed by atoms with van der Waals surface area (Å²) in [6.07, 6.45) is 0. The zero-order chi connectivity index (χ0) is 14.9. The highest BCUT2D eigenvalue weighted by molar-refractivity contribution is 7.89. The zero-order valence-corrected chi connectivity index (χ0v) is 13.3. The molecular weight excluding hydrogens is 292 g/mol. The molecule has 1 atom stereocenters. The van der Waals surface area contributed by atoms with Gasteiger partial charge in [-0.2, -0.15) is 4.31 Å². The third kappa shape index (κ3) is 2.87. The number of rotatable bonds is 4. The lowest BCUT2D eigenvalue weighted by Gasteiger charge is -2.23. The summed E-state index contributed by atoms with van der Waals surface area (Å²) in [7, 11) is -1.91. The molecule has 0 saturated heterocycles. The van der Waals surface area contributed by atoms with Gasteiger partial charge in [-0.3, -0.25) is 0 Å². The molecule has 1 unspecified atom stereocenters. The van der Waals surface area contributed by atoms with Crippen LogP contribution in [0.2, 0.25) is 0 Å².